The van der Waals surface area contributed by atoms with Crippen LogP contribution in [0.4, 0.5) is 5.69 Å². The van der Waals surface area contributed by atoms with E-state index in [1.165, 1.54) is 0 Å². The molecule has 0 aliphatic heterocycles. The highest BCUT2D eigenvalue weighted by Gasteiger charge is 2.22. The smallest absolute Gasteiger partial charge is 0.251 e. The van der Waals surface area contributed by atoms with Gasteiger partial charge in [0.05, 0.1) is 11.0 Å². The lowest BCUT2D eigenvalue weighted by Crippen LogP contribution is -2.39. The van der Waals surface area contributed by atoms with E-state index in [0.29, 0.717) is 18.5 Å². The third-order valence-corrected chi connectivity index (χ3v) is 6.06. The highest BCUT2D eigenvalue weighted by Crippen LogP contribution is 2.21. The summed E-state index contributed by atoms with van der Waals surface area (Å²) >= 11 is 3.40. The summed E-state index contributed by atoms with van der Waals surface area (Å²) in [6.07, 6.45) is 0.509. The zero-order valence-electron chi connectivity index (χ0n) is 19.2. The number of halogens is 1. The number of nitrogens with zero attached hydrogens (tertiary/aromatic N) is 3. The number of amides is 2. The fraction of sp³-hybridized carbons (Fsp3) is 0.222. The summed E-state index contributed by atoms with van der Waals surface area (Å²) < 4.78 is 2.81. The van der Waals surface area contributed by atoms with Crippen LogP contribution in [0.1, 0.15) is 30.0 Å². The van der Waals surface area contributed by atoms with Crippen molar-refractivity contribution in [2.75, 3.05) is 11.4 Å². The Bertz CT molecular complexity index is 1300. The zero-order chi connectivity index (χ0) is 24.1. The van der Waals surface area contributed by atoms with E-state index < -0.39 is 0 Å². The molecule has 2 amide bonds. The summed E-state index contributed by atoms with van der Waals surface area (Å²) in [5.41, 5.74) is 3.20. The first-order valence-electron chi connectivity index (χ1n) is 11.3. The lowest BCUT2D eigenvalue weighted by atomic mass is 10.2. The molecule has 0 spiro atoms. The minimum Gasteiger partial charge on any atom is -0.352 e. The molecule has 4 rings (SSSR count). The number of anilines is 1. The van der Waals surface area contributed by atoms with E-state index in [4.69, 9.17) is 4.98 Å². The highest BCUT2D eigenvalue weighted by atomic mass is 79.9. The number of aromatic nitrogens is 2. The number of hydrogen-bond acceptors (Lipinski definition) is 3. The van der Waals surface area contributed by atoms with Gasteiger partial charge in [-0.05, 0) is 56.3 Å². The Kier molecular flexibility index (Phi) is 7.43. The van der Waals surface area contributed by atoms with E-state index in [1.54, 1.807) is 12.1 Å². The first-order chi connectivity index (χ1) is 16.4. The van der Waals surface area contributed by atoms with Crippen LogP contribution >= 0.6 is 15.9 Å². The molecule has 0 unspecified atom stereocenters. The molecular formula is C27H27BrN4O2. The van der Waals surface area contributed by atoms with Crippen LogP contribution in [0, 0.1) is 0 Å². The number of benzene rings is 3. The Balaban J connectivity index is 1.54. The second kappa shape index (κ2) is 10.7. The van der Waals surface area contributed by atoms with Gasteiger partial charge in [-0.3, -0.25) is 9.59 Å². The molecule has 6 nitrogen and oxygen atoms in total. The molecule has 0 saturated heterocycles. The SMILES string of the molecule is CC(C)N(C(=O)Cn1c(CCNC(=O)c2cccc(Br)c2)nc2ccccc21)c1ccccc1. The lowest BCUT2D eigenvalue weighted by molar-refractivity contribution is -0.119. The normalized spacial score (nSPS) is 11.1. The van der Waals surface area contributed by atoms with E-state index in [0.717, 1.165) is 27.0 Å². The van der Waals surface area contributed by atoms with Crippen molar-refractivity contribution in [2.24, 2.45) is 0 Å². The zero-order valence-corrected chi connectivity index (χ0v) is 20.8. The molecule has 174 valence electrons. The molecule has 3 aromatic carbocycles. The van der Waals surface area contributed by atoms with Crippen molar-refractivity contribution in [3.63, 3.8) is 0 Å². The fourth-order valence-corrected chi connectivity index (χ4v) is 4.44. The number of imidazole rings is 1. The summed E-state index contributed by atoms with van der Waals surface area (Å²) in [4.78, 5) is 32.5. The topological polar surface area (TPSA) is 67.2 Å². The number of carbonyl (C=O) groups excluding carboxylic acids is 2. The molecular weight excluding hydrogens is 492 g/mol. The molecule has 1 aromatic heterocycles. The van der Waals surface area contributed by atoms with Crippen molar-refractivity contribution >= 4 is 44.5 Å². The lowest BCUT2D eigenvalue weighted by Gasteiger charge is -2.27. The minimum atomic E-state index is -0.143. The summed E-state index contributed by atoms with van der Waals surface area (Å²) in [5.74, 6) is 0.611. The Morgan fingerprint density at radius 3 is 2.47 bits per heavy atom. The predicted octanol–water partition coefficient (Wildman–Crippen LogP) is 5.21. The molecule has 0 fully saturated rings. The summed E-state index contributed by atoms with van der Waals surface area (Å²) in [7, 11) is 0. The Labute approximate surface area is 207 Å². The molecule has 34 heavy (non-hydrogen) atoms. The monoisotopic (exact) mass is 518 g/mol. The summed E-state index contributed by atoms with van der Waals surface area (Å²) in [6.45, 7) is 4.60. The van der Waals surface area contributed by atoms with Gasteiger partial charge in [-0.1, -0.05) is 52.3 Å². The minimum absolute atomic E-state index is 0.0104. The van der Waals surface area contributed by atoms with Gasteiger partial charge in [0.15, 0.2) is 0 Å². The quantitative estimate of drug-likeness (QED) is 0.348. The van der Waals surface area contributed by atoms with Crippen LogP contribution in [-0.2, 0) is 17.8 Å². The van der Waals surface area contributed by atoms with Crippen LogP contribution in [0.3, 0.4) is 0 Å². The molecule has 0 saturated carbocycles. The van der Waals surface area contributed by atoms with Crippen LogP contribution in [-0.4, -0.2) is 34.0 Å². The molecule has 0 atom stereocenters. The van der Waals surface area contributed by atoms with Crippen LogP contribution in [0.25, 0.3) is 11.0 Å². The van der Waals surface area contributed by atoms with Crippen molar-refractivity contribution in [3.8, 4) is 0 Å². The average molecular weight is 519 g/mol. The van der Waals surface area contributed by atoms with Gasteiger partial charge in [0.25, 0.3) is 5.91 Å². The first kappa shape index (κ1) is 23.7. The van der Waals surface area contributed by atoms with E-state index in [-0.39, 0.29) is 24.4 Å². The van der Waals surface area contributed by atoms with Crippen molar-refractivity contribution in [2.45, 2.75) is 32.9 Å². The molecule has 0 aliphatic rings. The maximum absolute atomic E-state index is 13.5. The van der Waals surface area contributed by atoms with Crippen molar-refractivity contribution < 1.29 is 9.59 Å². The van der Waals surface area contributed by atoms with Crippen molar-refractivity contribution in [1.82, 2.24) is 14.9 Å². The van der Waals surface area contributed by atoms with Gasteiger partial charge < -0.3 is 14.8 Å². The Hall–Kier alpha value is -3.45. The largest absolute Gasteiger partial charge is 0.352 e. The summed E-state index contributed by atoms with van der Waals surface area (Å²) in [6, 6.07) is 24.8. The number of rotatable bonds is 8. The molecule has 0 bridgehead atoms. The second-order valence-corrected chi connectivity index (χ2v) is 9.23. The molecule has 0 aliphatic carbocycles. The van der Waals surface area contributed by atoms with Crippen molar-refractivity contribution in [1.29, 1.82) is 0 Å². The number of carbonyl (C=O) groups is 2. The second-order valence-electron chi connectivity index (χ2n) is 8.31. The number of fused-ring (bicyclic) bond motifs is 1. The summed E-state index contributed by atoms with van der Waals surface area (Å²) in [5, 5.41) is 2.96. The van der Waals surface area contributed by atoms with Crippen LogP contribution in [0.2, 0.25) is 0 Å². The molecule has 1 heterocycles. The molecule has 0 radical (unpaired) electrons. The van der Waals surface area contributed by atoms with Gasteiger partial charge in [0.1, 0.15) is 12.4 Å². The maximum atomic E-state index is 13.5. The van der Waals surface area contributed by atoms with Gasteiger partial charge >= 0.3 is 0 Å². The number of para-hydroxylation sites is 3. The molecule has 1 N–H and O–H groups in total. The van der Waals surface area contributed by atoms with Crippen LogP contribution in [0.5, 0.6) is 0 Å². The third-order valence-electron chi connectivity index (χ3n) is 5.57. The molecule has 4 aromatic rings. The highest BCUT2D eigenvalue weighted by molar-refractivity contribution is 9.10. The van der Waals surface area contributed by atoms with Gasteiger partial charge in [0, 0.05) is 34.7 Å². The van der Waals surface area contributed by atoms with Gasteiger partial charge in [0.2, 0.25) is 5.91 Å². The Morgan fingerprint density at radius 2 is 1.74 bits per heavy atom. The predicted molar refractivity (Wildman–Crippen MR) is 139 cm³/mol. The van der Waals surface area contributed by atoms with Gasteiger partial charge in [-0.25, -0.2) is 4.98 Å². The first-order valence-corrected chi connectivity index (χ1v) is 12.1. The van der Waals surface area contributed by atoms with Crippen LogP contribution in [0.15, 0.2) is 83.3 Å². The standard InChI is InChI=1S/C27H27BrN4O2/c1-19(2)32(22-11-4-3-5-12-22)26(33)18-31-24-14-7-6-13-23(24)30-25(31)15-16-29-27(34)20-9-8-10-21(28)17-20/h3-14,17,19H,15-16,18H2,1-2H3,(H,29,34). The van der Waals surface area contributed by atoms with Gasteiger partial charge in [-0.2, -0.15) is 0 Å². The number of hydrogen-bond donors (Lipinski definition) is 1. The van der Waals surface area contributed by atoms with Crippen molar-refractivity contribution in [3.05, 3.63) is 94.7 Å². The van der Waals surface area contributed by atoms with Crippen LogP contribution < -0.4 is 10.2 Å². The molecule has 7 heteroatoms. The fourth-order valence-electron chi connectivity index (χ4n) is 4.04. The van der Waals surface area contributed by atoms with E-state index >= 15 is 0 Å². The Morgan fingerprint density at radius 1 is 1.00 bits per heavy atom. The third kappa shape index (κ3) is 5.37. The van der Waals surface area contributed by atoms with E-state index in [2.05, 4.69) is 21.2 Å². The number of nitrogens with one attached hydrogen (secondary N) is 1. The maximum Gasteiger partial charge on any atom is 0.251 e. The van der Waals surface area contributed by atoms with E-state index in [9.17, 15) is 9.59 Å². The van der Waals surface area contributed by atoms with Gasteiger partial charge in [-0.15, -0.1) is 0 Å². The average Bonchev–Trinajstić information content (AvgIpc) is 3.16. The van der Waals surface area contributed by atoms with E-state index in [1.807, 2.05) is 90.0 Å².